The largest absolute Gasteiger partial charge is 0.379 e. The summed E-state index contributed by atoms with van der Waals surface area (Å²) in [5, 5.41) is 3.21. The lowest BCUT2D eigenvalue weighted by atomic mass is 10.0. The van der Waals surface area contributed by atoms with E-state index in [-0.39, 0.29) is 11.9 Å². The van der Waals surface area contributed by atoms with E-state index in [9.17, 15) is 4.79 Å². The van der Waals surface area contributed by atoms with Gasteiger partial charge in [0.2, 0.25) is 5.91 Å². The zero-order valence-electron chi connectivity index (χ0n) is 14.1. The smallest absolute Gasteiger partial charge is 0.224 e. The molecule has 23 heavy (non-hydrogen) atoms. The summed E-state index contributed by atoms with van der Waals surface area (Å²) in [4.78, 5) is 14.8. The van der Waals surface area contributed by atoms with Crippen LogP contribution in [0.5, 0.6) is 0 Å². The third kappa shape index (κ3) is 4.55. The first-order chi connectivity index (χ1) is 11.2. The third-order valence-corrected chi connectivity index (χ3v) is 4.97. The number of amides is 1. The second kappa shape index (κ2) is 7.93. The molecule has 1 aliphatic heterocycles. The van der Waals surface area contributed by atoms with E-state index >= 15 is 0 Å². The maximum Gasteiger partial charge on any atom is 0.224 e. The van der Waals surface area contributed by atoms with Crippen molar-refractivity contribution in [2.24, 2.45) is 0 Å². The van der Waals surface area contributed by atoms with Crippen molar-refractivity contribution in [1.29, 1.82) is 0 Å². The van der Waals surface area contributed by atoms with Crippen LogP contribution >= 0.6 is 0 Å². The van der Waals surface area contributed by atoms with E-state index in [4.69, 9.17) is 4.74 Å². The van der Waals surface area contributed by atoms with Gasteiger partial charge in [-0.15, -0.1) is 0 Å². The van der Waals surface area contributed by atoms with Gasteiger partial charge >= 0.3 is 0 Å². The third-order valence-electron chi connectivity index (χ3n) is 4.97. The molecule has 126 valence electrons. The van der Waals surface area contributed by atoms with E-state index in [1.54, 1.807) is 0 Å². The van der Waals surface area contributed by atoms with E-state index in [0.717, 1.165) is 44.8 Å². The van der Waals surface area contributed by atoms with Gasteiger partial charge < -0.3 is 10.1 Å². The van der Waals surface area contributed by atoms with Gasteiger partial charge in [-0.05, 0) is 42.4 Å². The Balaban J connectivity index is 1.50. The predicted molar refractivity (Wildman–Crippen MR) is 91.7 cm³/mol. The Bertz CT molecular complexity index is 538. The van der Waals surface area contributed by atoms with Crippen molar-refractivity contribution in [2.75, 3.05) is 32.8 Å². The Morgan fingerprint density at radius 2 is 2.04 bits per heavy atom. The molecular formula is C19H28N2O2. The van der Waals surface area contributed by atoms with Crippen LogP contribution < -0.4 is 5.32 Å². The Morgan fingerprint density at radius 3 is 2.83 bits per heavy atom. The number of fused-ring (bicyclic) bond motifs is 1. The lowest BCUT2D eigenvalue weighted by Gasteiger charge is -2.30. The molecule has 4 nitrogen and oxygen atoms in total. The standard InChI is InChI=1S/C19H28N2O2/c1-2-18(14-21-8-10-23-11-9-21)20-19(22)13-15-6-7-16-4-3-5-17(16)12-15/h6-7,12,18H,2-5,8-11,13-14H2,1H3,(H,20,22)/t18-/m1/s1. The highest BCUT2D eigenvalue weighted by Crippen LogP contribution is 2.23. The molecule has 4 heteroatoms. The Hall–Kier alpha value is -1.39. The van der Waals surface area contributed by atoms with Crippen LogP contribution in [0.3, 0.4) is 0 Å². The van der Waals surface area contributed by atoms with Crippen LogP contribution in [0.15, 0.2) is 18.2 Å². The highest BCUT2D eigenvalue weighted by Gasteiger charge is 2.18. The number of morpholine rings is 1. The van der Waals surface area contributed by atoms with E-state index in [2.05, 4.69) is 35.3 Å². The summed E-state index contributed by atoms with van der Waals surface area (Å²) in [7, 11) is 0. The molecule has 1 aromatic carbocycles. The van der Waals surface area contributed by atoms with Gasteiger partial charge in [0.05, 0.1) is 19.6 Å². The molecule has 1 saturated heterocycles. The van der Waals surface area contributed by atoms with Crippen LogP contribution in [0, 0.1) is 0 Å². The molecule has 1 fully saturated rings. The number of benzene rings is 1. The first-order valence-corrected chi connectivity index (χ1v) is 8.94. The van der Waals surface area contributed by atoms with Gasteiger partial charge in [0, 0.05) is 25.7 Å². The molecule has 0 bridgehead atoms. The summed E-state index contributed by atoms with van der Waals surface area (Å²) in [5.41, 5.74) is 4.05. The molecule has 0 aromatic heterocycles. The first-order valence-electron chi connectivity index (χ1n) is 8.94. The van der Waals surface area contributed by atoms with E-state index in [1.165, 1.54) is 30.4 Å². The van der Waals surface area contributed by atoms with Crippen molar-refractivity contribution >= 4 is 5.91 Å². The SMILES string of the molecule is CC[C@H](CN1CCOCC1)NC(=O)Cc1ccc2c(c1)CCC2. The number of hydrogen-bond donors (Lipinski definition) is 1. The average Bonchev–Trinajstić information content (AvgIpc) is 3.02. The van der Waals surface area contributed by atoms with Crippen LogP contribution in [0.4, 0.5) is 0 Å². The summed E-state index contributed by atoms with van der Waals surface area (Å²) in [6.07, 6.45) is 5.07. The molecule has 0 radical (unpaired) electrons. The fourth-order valence-electron chi connectivity index (χ4n) is 3.57. The highest BCUT2D eigenvalue weighted by molar-refractivity contribution is 5.79. The summed E-state index contributed by atoms with van der Waals surface area (Å²) in [6, 6.07) is 6.78. The summed E-state index contributed by atoms with van der Waals surface area (Å²) in [6.45, 7) is 6.62. The first kappa shape index (κ1) is 16.5. The van der Waals surface area contributed by atoms with Crippen molar-refractivity contribution < 1.29 is 9.53 Å². The lowest BCUT2D eigenvalue weighted by Crippen LogP contribution is -2.47. The molecular weight excluding hydrogens is 288 g/mol. The average molecular weight is 316 g/mol. The maximum absolute atomic E-state index is 12.4. The minimum absolute atomic E-state index is 0.142. The number of rotatable bonds is 6. The molecule has 2 aliphatic rings. The van der Waals surface area contributed by atoms with Crippen LogP contribution in [0.2, 0.25) is 0 Å². The zero-order chi connectivity index (χ0) is 16.1. The highest BCUT2D eigenvalue weighted by atomic mass is 16.5. The molecule has 1 atom stereocenters. The Labute approximate surface area is 139 Å². The molecule has 0 saturated carbocycles. The molecule has 3 rings (SSSR count). The normalized spacial score (nSPS) is 19.3. The molecule has 1 aliphatic carbocycles. The molecule has 1 heterocycles. The summed E-state index contributed by atoms with van der Waals surface area (Å²) >= 11 is 0. The quantitative estimate of drug-likeness (QED) is 0.872. The van der Waals surface area contributed by atoms with E-state index in [0.29, 0.717) is 6.42 Å². The van der Waals surface area contributed by atoms with Crippen LogP contribution in [0.25, 0.3) is 0 Å². The second-order valence-electron chi connectivity index (χ2n) is 6.72. The van der Waals surface area contributed by atoms with Gasteiger partial charge in [0.1, 0.15) is 0 Å². The van der Waals surface area contributed by atoms with Crippen molar-refractivity contribution in [3.63, 3.8) is 0 Å². The van der Waals surface area contributed by atoms with Crippen molar-refractivity contribution in [3.05, 3.63) is 34.9 Å². The minimum atomic E-state index is 0.142. The zero-order valence-corrected chi connectivity index (χ0v) is 14.1. The van der Waals surface area contributed by atoms with E-state index in [1.807, 2.05) is 0 Å². The van der Waals surface area contributed by atoms with Gasteiger partial charge in [0.25, 0.3) is 0 Å². The molecule has 1 aromatic rings. The van der Waals surface area contributed by atoms with Gasteiger partial charge in [-0.2, -0.15) is 0 Å². The molecule has 0 unspecified atom stereocenters. The second-order valence-corrected chi connectivity index (χ2v) is 6.72. The van der Waals surface area contributed by atoms with Gasteiger partial charge in [0.15, 0.2) is 0 Å². The van der Waals surface area contributed by atoms with Crippen molar-refractivity contribution in [3.8, 4) is 0 Å². The molecule has 1 amide bonds. The summed E-state index contributed by atoms with van der Waals surface area (Å²) < 4.78 is 5.38. The number of hydrogen-bond acceptors (Lipinski definition) is 3. The van der Waals surface area contributed by atoms with Gasteiger partial charge in [-0.3, -0.25) is 9.69 Å². The molecule has 1 N–H and O–H groups in total. The fraction of sp³-hybridized carbons (Fsp3) is 0.632. The van der Waals surface area contributed by atoms with Crippen LogP contribution in [-0.2, 0) is 28.8 Å². The Kier molecular flexibility index (Phi) is 5.68. The van der Waals surface area contributed by atoms with Crippen LogP contribution in [0.1, 0.15) is 36.5 Å². The minimum Gasteiger partial charge on any atom is -0.379 e. The van der Waals surface area contributed by atoms with Gasteiger partial charge in [-0.1, -0.05) is 25.1 Å². The van der Waals surface area contributed by atoms with Gasteiger partial charge in [-0.25, -0.2) is 0 Å². The van der Waals surface area contributed by atoms with E-state index < -0.39 is 0 Å². The number of carbonyl (C=O) groups excluding carboxylic acids is 1. The number of ether oxygens (including phenoxy) is 1. The summed E-state index contributed by atoms with van der Waals surface area (Å²) in [5.74, 6) is 0.142. The fourth-order valence-corrected chi connectivity index (χ4v) is 3.57. The van der Waals surface area contributed by atoms with Crippen LogP contribution in [-0.4, -0.2) is 49.7 Å². The lowest BCUT2D eigenvalue weighted by molar-refractivity contribution is -0.121. The Morgan fingerprint density at radius 1 is 1.26 bits per heavy atom. The molecule has 0 spiro atoms. The number of nitrogens with zero attached hydrogens (tertiary/aromatic N) is 1. The van der Waals surface area contributed by atoms with Crippen molar-refractivity contribution in [2.45, 2.75) is 45.1 Å². The van der Waals surface area contributed by atoms with Crippen molar-refractivity contribution in [1.82, 2.24) is 10.2 Å². The monoisotopic (exact) mass is 316 g/mol. The number of aryl methyl sites for hydroxylation is 2. The topological polar surface area (TPSA) is 41.6 Å². The maximum atomic E-state index is 12.4. The number of carbonyl (C=O) groups is 1. The number of nitrogens with one attached hydrogen (secondary N) is 1. The predicted octanol–water partition coefficient (Wildman–Crippen LogP) is 1.94.